The molecule has 2 amide bonds. The van der Waals surface area contributed by atoms with E-state index in [9.17, 15) is 9.59 Å². The zero-order valence-corrected chi connectivity index (χ0v) is 18.3. The topological polar surface area (TPSA) is 58.6 Å². The lowest BCUT2D eigenvalue weighted by molar-refractivity contribution is -0.118. The fourth-order valence-corrected chi connectivity index (χ4v) is 4.03. The molecule has 1 aliphatic rings. The average Bonchev–Trinajstić information content (AvgIpc) is 3.35. The van der Waals surface area contributed by atoms with Gasteiger partial charge in [0.25, 0.3) is 11.8 Å². The van der Waals surface area contributed by atoms with Gasteiger partial charge in [-0.05, 0) is 54.7 Å². The highest BCUT2D eigenvalue weighted by atomic mass is 16.5. The van der Waals surface area contributed by atoms with E-state index in [1.165, 1.54) is 5.56 Å². The van der Waals surface area contributed by atoms with Gasteiger partial charge in [0.1, 0.15) is 5.75 Å². The number of ether oxygens (including phenoxy) is 1. The van der Waals surface area contributed by atoms with Crippen LogP contribution in [0.25, 0.3) is 0 Å². The van der Waals surface area contributed by atoms with E-state index in [0.717, 1.165) is 43.5 Å². The predicted octanol–water partition coefficient (Wildman–Crippen LogP) is 4.84. The molecule has 1 fully saturated rings. The van der Waals surface area contributed by atoms with Crippen molar-refractivity contribution >= 4 is 17.5 Å². The van der Waals surface area contributed by atoms with Gasteiger partial charge in [-0.25, -0.2) is 0 Å². The number of nitrogens with one attached hydrogen (secondary N) is 1. The van der Waals surface area contributed by atoms with Gasteiger partial charge in [-0.3, -0.25) is 9.59 Å². The second-order valence-electron chi connectivity index (χ2n) is 8.08. The van der Waals surface area contributed by atoms with Crippen LogP contribution in [0.5, 0.6) is 5.75 Å². The first kappa shape index (κ1) is 21.6. The number of carbonyl (C=O) groups excluding carboxylic acids is 2. The summed E-state index contributed by atoms with van der Waals surface area (Å²) < 4.78 is 5.86. The molecule has 0 aromatic heterocycles. The van der Waals surface area contributed by atoms with Crippen molar-refractivity contribution in [1.29, 1.82) is 0 Å². The highest BCUT2D eigenvalue weighted by Crippen LogP contribution is 2.24. The zero-order chi connectivity index (χ0) is 22.3. The minimum Gasteiger partial charge on any atom is -0.483 e. The highest BCUT2D eigenvalue weighted by Gasteiger charge is 2.22. The summed E-state index contributed by atoms with van der Waals surface area (Å²) in [5.41, 5.74) is 4.27. The fourth-order valence-electron chi connectivity index (χ4n) is 4.03. The maximum Gasteiger partial charge on any atom is 0.262 e. The maximum absolute atomic E-state index is 12.8. The number of hydrogen-bond donors (Lipinski definition) is 1. The van der Waals surface area contributed by atoms with Crippen LogP contribution >= 0.6 is 0 Å². The number of anilines is 1. The van der Waals surface area contributed by atoms with Gasteiger partial charge >= 0.3 is 0 Å². The Morgan fingerprint density at radius 2 is 1.62 bits per heavy atom. The Morgan fingerprint density at radius 1 is 0.906 bits per heavy atom. The summed E-state index contributed by atoms with van der Waals surface area (Å²) in [6.45, 7) is 3.36. The number of rotatable bonds is 7. The van der Waals surface area contributed by atoms with Crippen molar-refractivity contribution < 1.29 is 14.3 Å². The van der Waals surface area contributed by atoms with Crippen molar-refractivity contribution in [2.24, 2.45) is 0 Å². The zero-order valence-electron chi connectivity index (χ0n) is 18.3. The number of likely N-dealkylation sites (tertiary alicyclic amines) is 1. The van der Waals surface area contributed by atoms with Gasteiger partial charge in [-0.2, -0.15) is 0 Å². The van der Waals surface area contributed by atoms with Crippen LogP contribution in [0, 0.1) is 6.92 Å². The number of para-hydroxylation sites is 1. The maximum atomic E-state index is 12.8. The molecule has 0 unspecified atom stereocenters. The summed E-state index contributed by atoms with van der Waals surface area (Å²) in [4.78, 5) is 27.3. The standard InChI is InChI=1S/C27H28N2O3/c1-20-23(27(31)29-16-7-8-17-29)13-9-14-24(20)28-26(30)19-32-25-15-6-5-12-22(25)18-21-10-3-2-4-11-21/h2-6,9-15H,7-8,16-19H2,1H3,(H,28,30). The molecule has 5 nitrogen and oxygen atoms in total. The summed E-state index contributed by atoms with van der Waals surface area (Å²) in [6.07, 6.45) is 2.83. The first-order valence-corrected chi connectivity index (χ1v) is 11.0. The summed E-state index contributed by atoms with van der Waals surface area (Å²) in [7, 11) is 0. The van der Waals surface area contributed by atoms with Crippen molar-refractivity contribution in [2.45, 2.75) is 26.2 Å². The Hall–Kier alpha value is -3.60. The average molecular weight is 429 g/mol. The smallest absolute Gasteiger partial charge is 0.262 e. The molecular weight excluding hydrogens is 400 g/mol. The third kappa shape index (κ3) is 5.17. The van der Waals surface area contributed by atoms with Crippen LogP contribution in [0.15, 0.2) is 72.8 Å². The van der Waals surface area contributed by atoms with E-state index < -0.39 is 0 Å². The molecule has 0 bridgehead atoms. The molecule has 1 aliphatic heterocycles. The van der Waals surface area contributed by atoms with E-state index in [-0.39, 0.29) is 18.4 Å². The summed E-state index contributed by atoms with van der Waals surface area (Å²) in [5.74, 6) is 0.469. The van der Waals surface area contributed by atoms with E-state index in [4.69, 9.17) is 4.74 Å². The molecule has 0 saturated carbocycles. The lowest BCUT2D eigenvalue weighted by Crippen LogP contribution is -2.28. The number of benzene rings is 3. The minimum atomic E-state index is -0.256. The molecule has 0 aliphatic carbocycles. The van der Waals surface area contributed by atoms with E-state index in [1.807, 2.05) is 72.5 Å². The van der Waals surface area contributed by atoms with Crippen LogP contribution in [0.4, 0.5) is 5.69 Å². The molecule has 1 saturated heterocycles. The van der Waals surface area contributed by atoms with Crippen molar-refractivity contribution in [2.75, 3.05) is 25.0 Å². The fraction of sp³-hybridized carbons (Fsp3) is 0.259. The van der Waals surface area contributed by atoms with E-state index >= 15 is 0 Å². The van der Waals surface area contributed by atoms with Crippen LogP contribution in [-0.2, 0) is 11.2 Å². The summed E-state index contributed by atoms with van der Waals surface area (Å²) in [5, 5.41) is 2.90. The molecule has 1 heterocycles. The van der Waals surface area contributed by atoms with Gasteiger partial charge in [0.15, 0.2) is 6.61 Å². The van der Waals surface area contributed by atoms with Crippen LogP contribution in [0.1, 0.15) is 39.9 Å². The molecule has 0 spiro atoms. The molecule has 5 heteroatoms. The third-order valence-electron chi connectivity index (χ3n) is 5.80. The monoisotopic (exact) mass is 428 g/mol. The molecule has 0 atom stereocenters. The summed E-state index contributed by atoms with van der Waals surface area (Å²) in [6, 6.07) is 23.4. The Kier molecular flexibility index (Phi) is 6.85. The van der Waals surface area contributed by atoms with Gasteiger partial charge in [0, 0.05) is 30.8 Å². The second kappa shape index (κ2) is 10.1. The Balaban J connectivity index is 1.40. The Labute approximate surface area is 189 Å². The molecule has 0 radical (unpaired) electrons. The minimum absolute atomic E-state index is 0.0298. The quantitative estimate of drug-likeness (QED) is 0.586. The van der Waals surface area contributed by atoms with E-state index in [2.05, 4.69) is 17.4 Å². The van der Waals surface area contributed by atoms with Crippen LogP contribution in [-0.4, -0.2) is 36.4 Å². The van der Waals surface area contributed by atoms with Crippen molar-refractivity contribution in [3.8, 4) is 5.75 Å². The van der Waals surface area contributed by atoms with Gasteiger partial charge < -0.3 is 15.0 Å². The number of nitrogens with zero attached hydrogens (tertiary/aromatic N) is 1. The van der Waals surface area contributed by atoms with Crippen molar-refractivity contribution in [1.82, 2.24) is 4.90 Å². The largest absolute Gasteiger partial charge is 0.483 e. The number of amides is 2. The Bertz CT molecular complexity index is 1090. The number of carbonyl (C=O) groups is 2. The number of hydrogen-bond acceptors (Lipinski definition) is 3. The molecule has 164 valence electrons. The molecule has 3 aromatic rings. The van der Waals surface area contributed by atoms with Gasteiger partial charge in [0.2, 0.25) is 0 Å². The summed E-state index contributed by atoms with van der Waals surface area (Å²) >= 11 is 0. The first-order valence-electron chi connectivity index (χ1n) is 11.0. The SMILES string of the molecule is Cc1c(NC(=O)COc2ccccc2Cc2ccccc2)cccc1C(=O)N1CCCC1. The van der Waals surface area contributed by atoms with Gasteiger partial charge in [-0.15, -0.1) is 0 Å². The second-order valence-corrected chi connectivity index (χ2v) is 8.08. The lowest BCUT2D eigenvalue weighted by Gasteiger charge is -2.18. The van der Waals surface area contributed by atoms with Crippen LogP contribution in [0.2, 0.25) is 0 Å². The van der Waals surface area contributed by atoms with Crippen LogP contribution < -0.4 is 10.1 Å². The molecule has 32 heavy (non-hydrogen) atoms. The van der Waals surface area contributed by atoms with Crippen molar-refractivity contribution in [3.63, 3.8) is 0 Å². The molecular formula is C27H28N2O3. The third-order valence-corrected chi connectivity index (χ3v) is 5.80. The van der Waals surface area contributed by atoms with E-state index in [1.54, 1.807) is 0 Å². The van der Waals surface area contributed by atoms with Gasteiger partial charge in [-0.1, -0.05) is 54.6 Å². The predicted molar refractivity (Wildman–Crippen MR) is 126 cm³/mol. The van der Waals surface area contributed by atoms with Crippen molar-refractivity contribution in [3.05, 3.63) is 95.1 Å². The normalized spacial score (nSPS) is 13.1. The molecule has 1 N–H and O–H groups in total. The van der Waals surface area contributed by atoms with Crippen LogP contribution in [0.3, 0.4) is 0 Å². The van der Waals surface area contributed by atoms with E-state index in [0.29, 0.717) is 17.0 Å². The molecule has 3 aromatic carbocycles. The Morgan fingerprint density at radius 3 is 2.41 bits per heavy atom. The van der Waals surface area contributed by atoms with Gasteiger partial charge in [0.05, 0.1) is 0 Å². The lowest BCUT2D eigenvalue weighted by atomic mass is 10.0. The molecule has 4 rings (SSSR count). The first-order chi connectivity index (χ1) is 15.6. The highest BCUT2D eigenvalue weighted by molar-refractivity contribution is 5.99.